The highest BCUT2D eigenvalue weighted by molar-refractivity contribution is 7.12. The van der Waals surface area contributed by atoms with Gasteiger partial charge in [0.1, 0.15) is 0 Å². The lowest BCUT2D eigenvalue weighted by molar-refractivity contribution is -0.146. The minimum atomic E-state index is -0.0703. The fourth-order valence-electron chi connectivity index (χ4n) is 2.46. The topological polar surface area (TPSA) is 38.3 Å². The SMILES string of the molecule is COC(=O)C1CCNC(c2ccc(C(C)(C)C)s2)C1.Cl. The average molecular weight is 318 g/mol. The van der Waals surface area contributed by atoms with Crippen molar-refractivity contribution in [1.29, 1.82) is 0 Å². The van der Waals surface area contributed by atoms with Gasteiger partial charge in [-0.15, -0.1) is 23.7 Å². The van der Waals surface area contributed by atoms with E-state index in [-0.39, 0.29) is 29.7 Å². The van der Waals surface area contributed by atoms with Gasteiger partial charge in [-0.05, 0) is 36.9 Å². The molecule has 1 aromatic heterocycles. The smallest absolute Gasteiger partial charge is 0.308 e. The van der Waals surface area contributed by atoms with Crippen molar-refractivity contribution in [1.82, 2.24) is 5.32 Å². The number of nitrogens with one attached hydrogen (secondary N) is 1. The molecule has 1 N–H and O–H groups in total. The third kappa shape index (κ3) is 3.96. The highest BCUT2D eigenvalue weighted by Crippen LogP contribution is 2.36. The van der Waals surface area contributed by atoms with Gasteiger partial charge in [-0.2, -0.15) is 0 Å². The first-order valence-electron chi connectivity index (χ1n) is 6.83. The Kier molecular flexibility index (Phi) is 6.05. The van der Waals surface area contributed by atoms with Crippen molar-refractivity contribution in [2.75, 3.05) is 13.7 Å². The number of hydrogen-bond donors (Lipinski definition) is 1. The standard InChI is InChI=1S/C15H23NO2S.ClH/c1-15(2,3)13-6-5-12(19-13)11-9-10(7-8-16-11)14(17)18-4;/h5-6,10-11,16H,7-9H2,1-4H3;1H. The molecular weight excluding hydrogens is 294 g/mol. The van der Waals surface area contributed by atoms with E-state index in [1.807, 2.05) is 11.3 Å². The molecule has 0 saturated carbocycles. The predicted octanol–water partition coefficient (Wildman–Crippen LogP) is 3.68. The third-order valence-electron chi connectivity index (χ3n) is 3.65. The Hall–Kier alpha value is -0.580. The zero-order valence-electron chi connectivity index (χ0n) is 12.6. The fourth-order valence-corrected chi connectivity index (χ4v) is 3.61. The summed E-state index contributed by atoms with van der Waals surface area (Å²) in [6, 6.07) is 4.70. The predicted molar refractivity (Wildman–Crippen MR) is 85.8 cm³/mol. The quantitative estimate of drug-likeness (QED) is 0.846. The van der Waals surface area contributed by atoms with Gasteiger partial charge in [-0.3, -0.25) is 4.79 Å². The molecule has 3 nitrogen and oxygen atoms in total. The Morgan fingerprint density at radius 3 is 2.65 bits per heavy atom. The second kappa shape index (κ2) is 6.92. The summed E-state index contributed by atoms with van der Waals surface area (Å²) in [7, 11) is 1.47. The molecule has 114 valence electrons. The molecule has 0 amide bonds. The van der Waals surface area contributed by atoms with Crippen molar-refractivity contribution in [2.24, 2.45) is 5.92 Å². The van der Waals surface area contributed by atoms with Crippen LogP contribution >= 0.6 is 23.7 Å². The minimum Gasteiger partial charge on any atom is -0.469 e. The molecule has 2 unspecified atom stereocenters. The monoisotopic (exact) mass is 317 g/mol. The zero-order chi connectivity index (χ0) is 14.0. The largest absolute Gasteiger partial charge is 0.469 e. The molecule has 0 aliphatic carbocycles. The summed E-state index contributed by atoms with van der Waals surface area (Å²) in [6.45, 7) is 7.57. The van der Waals surface area contributed by atoms with Crippen molar-refractivity contribution < 1.29 is 9.53 Å². The maximum Gasteiger partial charge on any atom is 0.308 e. The van der Waals surface area contributed by atoms with Crippen molar-refractivity contribution in [3.05, 3.63) is 21.9 Å². The van der Waals surface area contributed by atoms with Crippen LogP contribution in [0.1, 0.15) is 49.4 Å². The van der Waals surface area contributed by atoms with Gasteiger partial charge >= 0.3 is 5.97 Å². The lowest BCUT2D eigenvalue weighted by atomic mass is 9.91. The first kappa shape index (κ1) is 17.5. The van der Waals surface area contributed by atoms with Crippen LogP contribution in [-0.2, 0) is 14.9 Å². The molecule has 0 bridgehead atoms. The number of carbonyl (C=O) groups excluding carboxylic acids is 1. The van der Waals surface area contributed by atoms with Gasteiger partial charge in [0.15, 0.2) is 0 Å². The van der Waals surface area contributed by atoms with Gasteiger partial charge in [-0.1, -0.05) is 20.8 Å². The second-order valence-corrected chi connectivity index (χ2v) is 7.32. The Labute approximate surface area is 131 Å². The summed E-state index contributed by atoms with van der Waals surface area (Å²) >= 11 is 1.85. The maximum absolute atomic E-state index is 11.7. The molecule has 2 heterocycles. The van der Waals surface area contributed by atoms with E-state index in [0.717, 1.165) is 19.4 Å². The average Bonchev–Trinajstić information content (AvgIpc) is 2.87. The number of esters is 1. The van der Waals surface area contributed by atoms with Crippen LogP contribution in [0.3, 0.4) is 0 Å². The van der Waals surface area contributed by atoms with Crippen molar-refractivity contribution in [3.8, 4) is 0 Å². The normalized spacial score (nSPS) is 23.0. The summed E-state index contributed by atoms with van der Waals surface area (Å²) < 4.78 is 4.87. The summed E-state index contributed by atoms with van der Waals surface area (Å²) in [6.07, 6.45) is 1.72. The molecule has 20 heavy (non-hydrogen) atoms. The van der Waals surface area contributed by atoms with Gasteiger partial charge < -0.3 is 10.1 Å². The van der Waals surface area contributed by atoms with Crippen LogP contribution in [0.25, 0.3) is 0 Å². The first-order valence-corrected chi connectivity index (χ1v) is 7.65. The van der Waals surface area contributed by atoms with Crippen LogP contribution in [-0.4, -0.2) is 19.6 Å². The minimum absolute atomic E-state index is 0. The Bertz CT molecular complexity index is 453. The highest BCUT2D eigenvalue weighted by atomic mass is 35.5. The third-order valence-corrected chi connectivity index (χ3v) is 5.27. The number of thiophene rings is 1. The number of ether oxygens (including phenoxy) is 1. The number of halogens is 1. The van der Waals surface area contributed by atoms with E-state index >= 15 is 0 Å². The summed E-state index contributed by atoms with van der Waals surface area (Å²) in [5.41, 5.74) is 0.194. The van der Waals surface area contributed by atoms with Crippen molar-refractivity contribution in [2.45, 2.75) is 45.1 Å². The van der Waals surface area contributed by atoms with E-state index in [0.29, 0.717) is 6.04 Å². The number of rotatable bonds is 2. The van der Waals surface area contributed by atoms with Crippen LogP contribution in [0.15, 0.2) is 12.1 Å². The summed E-state index contributed by atoms with van der Waals surface area (Å²) in [4.78, 5) is 14.4. The Morgan fingerprint density at radius 2 is 2.10 bits per heavy atom. The molecule has 1 aliphatic rings. The summed E-state index contributed by atoms with van der Waals surface area (Å²) in [5.74, 6) is -0.0319. The number of methoxy groups -OCH3 is 1. The van der Waals surface area contributed by atoms with Crippen LogP contribution < -0.4 is 5.32 Å². The van der Waals surface area contributed by atoms with Gasteiger partial charge in [0.25, 0.3) is 0 Å². The summed E-state index contributed by atoms with van der Waals surface area (Å²) in [5, 5.41) is 3.51. The molecule has 2 rings (SSSR count). The lowest BCUT2D eigenvalue weighted by Gasteiger charge is -2.28. The number of hydrogen-bond acceptors (Lipinski definition) is 4. The van der Waals surface area contributed by atoms with Crippen molar-refractivity contribution in [3.63, 3.8) is 0 Å². The van der Waals surface area contributed by atoms with Gasteiger partial charge in [0.05, 0.1) is 13.0 Å². The van der Waals surface area contributed by atoms with E-state index in [9.17, 15) is 4.79 Å². The van der Waals surface area contributed by atoms with Gasteiger partial charge in [-0.25, -0.2) is 0 Å². The lowest BCUT2D eigenvalue weighted by Crippen LogP contribution is -2.35. The van der Waals surface area contributed by atoms with E-state index in [1.54, 1.807) is 0 Å². The molecule has 0 aromatic carbocycles. The molecule has 0 spiro atoms. The fraction of sp³-hybridized carbons (Fsp3) is 0.667. The first-order chi connectivity index (χ1) is 8.91. The maximum atomic E-state index is 11.7. The molecule has 2 atom stereocenters. The molecule has 1 fully saturated rings. The van der Waals surface area contributed by atoms with Crippen LogP contribution in [0.5, 0.6) is 0 Å². The molecule has 1 saturated heterocycles. The van der Waals surface area contributed by atoms with Crippen LogP contribution in [0, 0.1) is 5.92 Å². The molecular formula is C15H24ClNO2S. The van der Waals surface area contributed by atoms with Gasteiger partial charge in [0.2, 0.25) is 0 Å². The number of piperidine rings is 1. The molecule has 1 aliphatic heterocycles. The molecule has 1 aromatic rings. The zero-order valence-corrected chi connectivity index (χ0v) is 14.2. The number of carbonyl (C=O) groups is 1. The molecule has 5 heteroatoms. The van der Waals surface area contributed by atoms with E-state index < -0.39 is 0 Å². The Balaban J connectivity index is 0.00000200. The van der Waals surface area contributed by atoms with Crippen molar-refractivity contribution >= 4 is 29.7 Å². The van der Waals surface area contributed by atoms with E-state index in [2.05, 4.69) is 38.2 Å². The Morgan fingerprint density at radius 1 is 1.40 bits per heavy atom. The van der Waals surface area contributed by atoms with E-state index in [4.69, 9.17) is 4.74 Å². The second-order valence-electron chi connectivity index (χ2n) is 6.20. The van der Waals surface area contributed by atoms with Gasteiger partial charge in [0, 0.05) is 15.8 Å². The highest BCUT2D eigenvalue weighted by Gasteiger charge is 2.29. The van der Waals surface area contributed by atoms with Crippen LogP contribution in [0.2, 0.25) is 0 Å². The molecule has 0 radical (unpaired) electrons. The van der Waals surface area contributed by atoms with Crippen LogP contribution in [0.4, 0.5) is 0 Å². The van der Waals surface area contributed by atoms with E-state index in [1.165, 1.54) is 16.9 Å².